The van der Waals surface area contributed by atoms with Crippen molar-refractivity contribution in [3.8, 4) is 0 Å². The number of rotatable bonds is 7. The highest BCUT2D eigenvalue weighted by Crippen LogP contribution is 2.20. The lowest BCUT2D eigenvalue weighted by atomic mass is 9.87. The third-order valence-corrected chi connectivity index (χ3v) is 4.87. The minimum Gasteiger partial charge on any atom is -0.338 e. The molecule has 0 aliphatic carbocycles. The third kappa shape index (κ3) is 6.45. The summed E-state index contributed by atoms with van der Waals surface area (Å²) >= 11 is 0. The molecule has 1 unspecified atom stereocenters. The molecule has 1 fully saturated rings. The van der Waals surface area contributed by atoms with Gasteiger partial charge in [-0.05, 0) is 48.8 Å². The van der Waals surface area contributed by atoms with Gasteiger partial charge in [-0.3, -0.25) is 9.78 Å². The van der Waals surface area contributed by atoms with E-state index in [0.717, 1.165) is 24.3 Å². The number of halogens is 3. The summed E-state index contributed by atoms with van der Waals surface area (Å²) < 4.78 is 13.1. The molecule has 1 atom stereocenters. The molecule has 0 saturated carbocycles. The largest absolute Gasteiger partial charge is 0.338 e. The first kappa shape index (κ1) is 23.3. The van der Waals surface area contributed by atoms with Crippen molar-refractivity contribution >= 4 is 30.7 Å². The van der Waals surface area contributed by atoms with Crippen LogP contribution in [0, 0.1) is 17.7 Å². The quantitative estimate of drug-likeness (QED) is 0.755. The Balaban J connectivity index is 0.00000182. The van der Waals surface area contributed by atoms with Crippen LogP contribution in [0.15, 0.2) is 48.7 Å². The molecular formula is C20H26Cl2FN3O. The van der Waals surface area contributed by atoms with Gasteiger partial charge in [-0.1, -0.05) is 25.1 Å². The summed E-state index contributed by atoms with van der Waals surface area (Å²) in [5.74, 6) is 0.291. The van der Waals surface area contributed by atoms with Crippen LogP contribution in [0.1, 0.15) is 18.2 Å². The van der Waals surface area contributed by atoms with Gasteiger partial charge in [-0.2, -0.15) is 0 Å². The monoisotopic (exact) mass is 413 g/mol. The van der Waals surface area contributed by atoms with E-state index in [2.05, 4.69) is 10.3 Å². The molecule has 2 heterocycles. The van der Waals surface area contributed by atoms with Crippen molar-refractivity contribution in [1.29, 1.82) is 0 Å². The van der Waals surface area contributed by atoms with Gasteiger partial charge in [0, 0.05) is 37.3 Å². The van der Waals surface area contributed by atoms with Gasteiger partial charge < -0.3 is 10.2 Å². The number of pyridine rings is 1. The second-order valence-electron chi connectivity index (χ2n) is 6.66. The molecule has 0 spiro atoms. The Labute approximate surface area is 172 Å². The number of carbonyl (C=O) groups excluding carboxylic acids is 1. The van der Waals surface area contributed by atoms with E-state index < -0.39 is 0 Å². The van der Waals surface area contributed by atoms with E-state index >= 15 is 0 Å². The Bertz CT molecular complexity index is 696. The number of nitrogens with zero attached hydrogens (tertiary/aromatic N) is 2. The van der Waals surface area contributed by atoms with Crippen LogP contribution in [0.4, 0.5) is 4.39 Å². The van der Waals surface area contributed by atoms with Crippen molar-refractivity contribution in [3.05, 3.63) is 65.7 Å². The number of carbonyl (C=O) groups is 1. The first-order chi connectivity index (χ1) is 12.1. The summed E-state index contributed by atoms with van der Waals surface area (Å²) in [4.78, 5) is 19.2. The van der Waals surface area contributed by atoms with Crippen LogP contribution in [0.25, 0.3) is 0 Å². The molecule has 1 aliphatic heterocycles. The van der Waals surface area contributed by atoms with Gasteiger partial charge in [0.15, 0.2) is 0 Å². The molecule has 27 heavy (non-hydrogen) atoms. The normalized spacial score (nSPS) is 14.3. The lowest BCUT2D eigenvalue weighted by Gasteiger charge is -2.35. The number of aromatic nitrogens is 1. The molecule has 1 aromatic heterocycles. The Morgan fingerprint density at radius 2 is 1.93 bits per heavy atom. The molecule has 1 aromatic carbocycles. The third-order valence-electron chi connectivity index (χ3n) is 4.87. The first-order valence-corrected chi connectivity index (χ1v) is 8.77. The van der Waals surface area contributed by atoms with Gasteiger partial charge in [0.1, 0.15) is 5.82 Å². The average molecular weight is 414 g/mol. The average Bonchev–Trinajstić information content (AvgIpc) is 2.59. The number of benzene rings is 1. The molecule has 1 amide bonds. The molecule has 0 bridgehead atoms. The van der Waals surface area contributed by atoms with Crippen LogP contribution in [-0.2, 0) is 17.8 Å². The van der Waals surface area contributed by atoms with Gasteiger partial charge in [0.2, 0.25) is 5.91 Å². The maximum atomic E-state index is 13.1. The fraction of sp³-hybridized carbons (Fsp3) is 0.400. The molecule has 1 N–H and O–H groups in total. The zero-order chi connectivity index (χ0) is 17.6. The summed E-state index contributed by atoms with van der Waals surface area (Å²) in [5.41, 5.74) is 1.91. The molecule has 2 aromatic rings. The maximum Gasteiger partial charge on any atom is 0.226 e. The van der Waals surface area contributed by atoms with Crippen molar-refractivity contribution in [2.45, 2.75) is 19.9 Å². The summed E-state index contributed by atoms with van der Waals surface area (Å²) in [7, 11) is 0. The predicted octanol–water partition coefficient (Wildman–Crippen LogP) is 3.49. The van der Waals surface area contributed by atoms with Crippen LogP contribution in [0.2, 0.25) is 0 Å². The highest BCUT2D eigenvalue weighted by atomic mass is 35.5. The smallest absolute Gasteiger partial charge is 0.226 e. The Hall–Kier alpha value is -1.69. The minimum atomic E-state index is -0.260. The van der Waals surface area contributed by atoms with E-state index in [4.69, 9.17) is 0 Å². The van der Waals surface area contributed by atoms with Crippen molar-refractivity contribution < 1.29 is 9.18 Å². The molecule has 7 heteroatoms. The fourth-order valence-electron chi connectivity index (χ4n) is 3.03. The standard InChI is InChI=1S/C20H24FN3O.2ClH/c1-15(17-12-22-13-17)20(25)24(11-9-19-4-2-3-10-23-19)14-16-5-7-18(21)8-6-16;;/h2-8,10,15,17,22H,9,11-14H2,1H3;2*1H. The summed E-state index contributed by atoms with van der Waals surface area (Å²) in [6.45, 7) is 4.91. The van der Waals surface area contributed by atoms with Crippen LogP contribution in [-0.4, -0.2) is 35.4 Å². The van der Waals surface area contributed by atoms with Gasteiger partial charge in [-0.15, -0.1) is 24.8 Å². The summed E-state index contributed by atoms with van der Waals surface area (Å²) in [6.07, 6.45) is 2.48. The number of hydrogen-bond acceptors (Lipinski definition) is 3. The molecule has 1 aliphatic rings. The Morgan fingerprint density at radius 3 is 2.48 bits per heavy atom. The van der Waals surface area contributed by atoms with E-state index in [-0.39, 0.29) is 42.5 Å². The SMILES string of the molecule is CC(C(=O)N(CCc1ccccn1)Cc1ccc(F)cc1)C1CNC1.Cl.Cl. The van der Waals surface area contributed by atoms with Gasteiger partial charge in [0.25, 0.3) is 0 Å². The van der Waals surface area contributed by atoms with E-state index in [9.17, 15) is 9.18 Å². The van der Waals surface area contributed by atoms with Crippen LogP contribution in [0.5, 0.6) is 0 Å². The van der Waals surface area contributed by atoms with Crippen LogP contribution >= 0.6 is 24.8 Å². The maximum absolute atomic E-state index is 13.1. The van der Waals surface area contributed by atoms with E-state index in [0.29, 0.717) is 25.4 Å². The Kier molecular flexibility index (Phi) is 9.70. The van der Waals surface area contributed by atoms with Crippen molar-refractivity contribution in [2.75, 3.05) is 19.6 Å². The van der Waals surface area contributed by atoms with Crippen LogP contribution in [0.3, 0.4) is 0 Å². The molecule has 1 saturated heterocycles. The molecule has 4 nitrogen and oxygen atoms in total. The van der Waals surface area contributed by atoms with E-state index in [1.54, 1.807) is 18.3 Å². The lowest BCUT2D eigenvalue weighted by molar-refractivity contribution is -0.138. The summed E-state index contributed by atoms with van der Waals surface area (Å²) in [5, 5.41) is 3.23. The van der Waals surface area contributed by atoms with E-state index in [1.807, 2.05) is 30.0 Å². The molecule has 0 radical (unpaired) electrons. The number of nitrogens with one attached hydrogen (secondary N) is 1. The topological polar surface area (TPSA) is 45.2 Å². The highest BCUT2D eigenvalue weighted by Gasteiger charge is 2.31. The molecular weight excluding hydrogens is 388 g/mol. The highest BCUT2D eigenvalue weighted by molar-refractivity contribution is 5.85. The molecule has 3 rings (SSSR count). The second-order valence-corrected chi connectivity index (χ2v) is 6.66. The zero-order valence-electron chi connectivity index (χ0n) is 15.3. The number of amides is 1. The summed E-state index contributed by atoms with van der Waals surface area (Å²) in [6, 6.07) is 12.2. The number of hydrogen-bond donors (Lipinski definition) is 1. The zero-order valence-corrected chi connectivity index (χ0v) is 16.9. The van der Waals surface area contributed by atoms with Gasteiger partial charge in [-0.25, -0.2) is 4.39 Å². The van der Waals surface area contributed by atoms with Crippen molar-refractivity contribution in [3.63, 3.8) is 0 Å². The van der Waals surface area contributed by atoms with Crippen molar-refractivity contribution in [2.24, 2.45) is 11.8 Å². The van der Waals surface area contributed by atoms with Crippen LogP contribution < -0.4 is 5.32 Å². The predicted molar refractivity (Wildman–Crippen MR) is 110 cm³/mol. The Morgan fingerprint density at radius 1 is 1.22 bits per heavy atom. The fourth-order valence-corrected chi connectivity index (χ4v) is 3.03. The lowest BCUT2D eigenvalue weighted by Crippen LogP contribution is -2.50. The second kappa shape index (κ2) is 11.2. The first-order valence-electron chi connectivity index (χ1n) is 8.77. The minimum absolute atomic E-state index is 0. The van der Waals surface area contributed by atoms with E-state index in [1.165, 1.54) is 12.1 Å². The van der Waals surface area contributed by atoms with Gasteiger partial charge in [0.05, 0.1) is 0 Å². The van der Waals surface area contributed by atoms with Gasteiger partial charge >= 0.3 is 0 Å². The molecule has 148 valence electrons. The van der Waals surface area contributed by atoms with Crippen molar-refractivity contribution in [1.82, 2.24) is 15.2 Å².